The molecule has 19 heavy (non-hydrogen) atoms. The van der Waals surface area contributed by atoms with Crippen molar-refractivity contribution in [2.45, 2.75) is 25.8 Å². The molecule has 4 N–H and O–H groups in total. The van der Waals surface area contributed by atoms with Gasteiger partial charge in [0.25, 0.3) is 0 Å². The highest BCUT2D eigenvalue weighted by Gasteiger charge is 2.27. The maximum Gasteiger partial charge on any atom is 0.248 e. The number of primary amides is 1. The van der Waals surface area contributed by atoms with Crippen LogP contribution >= 0.6 is 0 Å². The van der Waals surface area contributed by atoms with E-state index in [2.05, 4.69) is 17.6 Å². The highest BCUT2D eigenvalue weighted by atomic mass is 16.2. The summed E-state index contributed by atoms with van der Waals surface area (Å²) in [5, 5.41) is 6.05. The van der Waals surface area contributed by atoms with Crippen molar-refractivity contribution in [2.24, 2.45) is 11.7 Å². The molecular formula is C14H19N3O2. The van der Waals surface area contributed by atoms with Crippen molar-refractivity contribution in [1.29, 1.82) is 0 Å². The first-order valence-corrected chi connectivity index (χ1v) is 6.52. The molecule has 2 unspecified atom stereocenters. The molecule has 5 nitrogen and oxygen atoms in total. The second-order valence-electron chi connectivity index (χ2n) is 4.99. The number of nitrogens with two attached hydrogens (primary N) is 1. The zero-order valence-electron chi connectivity index (χ0n) is 11.0. The maximum atomic E-state index is 12.2. The van der Waals surface area contributed by atoms with Crippen LogP contribution in [0.15, 0.2) is 24.3 Å². The second-order valence-corrected chi connectivity index (χ2v) is 4.99. The Morgan fingerprint density at radius 1 is 1.42 bits per heavy atom. The number of hydrogen-bond donors (Lipinski definition) is 3. The summed E-state index contributed by atoms with van der Waals surface area (Å²) in [6, 6.07) is 6.49. The summed E-state index contributed by atoms with van der Waals surface area (Å²) in [4.78, 5) is 23.3. The first-order chi connectivity index (χ1) is 9.08. The van der Waals surface area contributed by atoms with Crippen LogP contribution in [0.2, 0.25) is 0 Å². The van der Waals surface area contributed by atoms with Crippen LogP contribution in [0.4, 0.5) is 5.69 Å². The Balaban J connectivity index is 2.06. The minimum absolute atomic E-state index is 0.0613. The van der Waals surface area contributed by atoms with Crippen molar-refractivity contribution in [2.75, 3.05) is 11.9 Å². The van der Waals surface area contributed by atoms with Gasteiger partial charge in [0.15, 0.2) is 0 Å². The molecule has 5 heteroatoms. The quantitative estimate of drug-likeness (QED) is 0.762. The summed E-state index contributed by atoms with van der Waals surface area (Å²) in [6.07, 6.45) is 2.15. The fourth-order valence-corrected chi connectivity index (χ4v) is 2.37. The molecule has 0 aromatic heterocycles. The number of piperidine rings is 1. The topological polar surface area (TPSA) is 84.2 Å². The molecule has 0 saturated carbocycles. The first kappa shape index (κ1) is 13.5. The number of amides is 2. The van der Waals surface area contributed by atoms with Crippen molar-refractivity contribution in [3.63, 3.8) is 0 Å². The van der Waals surface area contributed by atoms with Gasteiger partial charge in [0, 0.05) is 11.3 Å². The van der Waals surface area contributed by atoms with Crippen molar-refractivity contribution in [1.82, 2.24) is 5.32 Å². The molecule has 1 aliphatic heterocycles. The summed E-state index contributed by atoms with van der Waals surface area (Å²) in [6.45, 7) is 2.93. The smallest absolute Gasteiger partial charge is 0.248 e. The van der Waals surface area contributed by atoms with E-state index in [4.69, 9.17) is 5.73 Å². The lowest BCUT2D eigenvalue weighted by molar-refractivity contribution is -0.119. The molecule has 0 radical (unpaired) electrons. The zero-order chi connectivity index (χ0) is 13.8. The highest BCUT2D eigenvalue weighted by molar-refractivity contribution is 5.98. The van der Waals surface area contributed by atoms with Crippen LogP contribution in [0.1, 0.15) is 30.1 Å². The van der Waals surface area contributed by atoms with E-state index in [1.807, 2.05) is 0 Å². The zero-order valence-corrected chi connectivity index (χ0v) is 11.0. The molecule has 1 saturated heterocycles. The number of anilines is 1. The van der Waals surface area contributed by atoms with Gasteiger partial charge in [-0.15, -0.1) is 0 Å². The fourth-order valence-electron chi connectivity index (χ4n) is 2.37. The van der Waals surface area contributed by atoms with Crippen LogP contribution in [0.25, 0.3) is 0 Å². The number of rotatable bonds is 3. The van der Waals surface area contributed by atoms with Gasteiger partial charge < -0.3 is 16.4 Å². The Hall–Kier alpha value is -1.88. The molecule has 0 bridgehead atoms. The number of carbonyl (C=O) groups excluding carboxylic acids is 2. The lowest BCUT2D eigenvalue weighted by Crippen LogP contribution is -2.48. The van der Waals surface area contributed by atoms with E-state index in [9.17, 15) is 9.59 Å². The number of nitrogens with one attached hydrogen (secondary N) is 2. The van der Waals surface area contributed by atoms with Crippen LogP contribution in [0.3, 0.4) is 0 Å². The van der Waals surface area contributed by atoms with Gasteiger partial charge in [-0.2, -0.15) is 0 Å². The standard InChI is InChI=1S/C14H19N3O2/c1-9-4-3-7-16-12(9)14(19)17-11-6-2-5-10(8-11)13(15)18/h2,5-6,8-9,12,16H,3-4,7H2,1H3,(H2,15,18)(H,17,19). The third-order valence-corrected chi connectivity index (χ3v) is 3.47. The van der Waals surface area contributed by atoms with Gasteiger partial charge in [-0.1, -0.05) is 13.0 Å². The van der Waals surface area contributed by atoms with Crippen LogP contribution < -0.4 is 16.4 Å². The van der Waals surface area contributed by atoms with Crippen LogP contribution in [0, 0.1) is 5.92 Å². The van der Waals surface area contributed by atoms with Crippen molar-refractivity contribution >= 4 is 17.5 Å². The highest BCUT2D eigenvalue weighted by Crippen LogP contribution is 2.18. The van der Waals surface area contributed by atoms with Crippen molar-refractivity contribution in [3.05, 3.63) is 29.8 Å². The predicted molar refractivity (Wildman–Crippen MR) is 73.8 cm³/mol. The van der Waals surface area contributed by atoms with E-state index >= 15 is 0 Å². The molecule has 2 amide bonds. The predicted octanol–water partition coefficient (Wildman–Crippen LogP) is 1.11. The van der Waals surface area contributed by atoms with E-state index < -0.39 is 5.91 Å². The lowest BCUT2D eigenvalue weighted by atomic mass is 9.92. The number of hydrogen-bond acceptors (Lipinski definition) is 3. The van der Waals surface area contributed by atoms with Crippen LogP contribution in [0.5, 0.6) is 0 Å². The van der Waals surface area contributed by atoms with Crippen molar-refractivity contribution in [3.8, 4) is 0 Å². The fraction of sp³-hybridized carbons (Fsp3) is 0.429. The Morgan fingerprint density at radius 2 is 2.21 bits per heavy atom. The minimum atomic E-state index is -0.500. The van der Waals surface area contributed by atoms with E-state index in [1.165, 1.54) is 0 Å². The van der Waals surface area contributed by atoms with Gasteiger partial charge >= 0.3 is 0 Å². The normalized spacial score (nSPS) is 22.8. The molecule has 2 rings (SSSR count). The molecular weight excluding hydrogens is 242 g/mol. The van der Waals surface area contributed by atoms with E-state index in [1.54, 1.807) is 24.3 Å². The SMILES string of the molecule is CC1CCCNC1C(=O)Nc1cccc(C(N)=O)c1. The Kier molecular flexibility index (Phi) is 4.16. The van der Waals surface area contributed by atoms with E-state index in [0.717, 1.165) is 19.4 Å². The molecule has 1 heterocycles. The van der Waals surface area contributed by atoms with E-state index in [-0.39, 0.29) is 11.9 Å². The molecule has 2 atom stereocenters. The summed E-state index contributed by atoms with van der Waals surface area (Å²) in [5.41, 5.74) is 6.20. The molecule has 1 aliphatic rings. The van der Waals surface area contributed by atoms with Gasteiger partial charge in [0.1, 0.15) is 0 Å². The van der Waals surface area contributed by atoms with E-state index in [0.29, 0.717) is 17.2 Å². The monoisotopic (exact) mass is 261 g/mol. The Labute approximate surface area is 112 Å². The summed E-state index contributed by atoms with van der Waals surface area (Å²) >= 11 is 0. The Morgan fingerprint density at radius 3 is 2.89 bits per heavy atom. The molecule has 102 valence electrons. The molecule has 0 spiro atoms. The first-order valence-electron chi connectivity index (χ1n) is 6.52. The summed E-state index contributed by atoms with van der Waals surface area (Å²) in [7, 11) is 0. The van der Waals surface area contributed by atoms with Gasteiger partial charge in [-0.25, -0.2) is 0 Å². The maximum absolute atomic E-state index is 12.2. The average Bonchev–Trinajstić information content (AvgIpc) is 2.39. The van der Waals surface area contributed by atoms with Gasteiger partial charge in [-0.05, 0) is 43.5 Å². The number of benzene rings is 1. The summed E-state index contributed by atoms with van der Waals surface area (Å²) < 4.78 is 0. The lowest BCUT2D eigenvalue weighted by Gasteiger charge is -2.28. The second kappa shape index (κ2) is 5.84. The average molecular weight is 261 g/mol. The molecule has 1 aromatic carbocycles. The molecule has 1 fully saturated rings. The van der Waals surface area contributed by atoms with Gasteiger partial charge in [0.05, 0.1) is 6.04 Å². The Bertz CT molecular complexity index is 487. The summed E-state index contributed by atoms with van der Waals surface area (Å²) in [5.74, 6) is -0.248. The van der Waals surface area contributed by atoms with Gasteiger partial charge in [0.2, 0.25) is 11.8 Å². The largest absolute Gasteiger partial charge is 0.366 e. The molecule has 0 aliphatic carbocycles. The van der Waals surface area contributed by atoms with Crippen LogP contribution in [-0.4, -0.2) is 24.4 Å². The van der Waals surface area contributed by atoms with Crippen LogP contribution in [-0.2, 0) is 4.79 Å². The molecule has 1 aromatic rings. The third-order valence-electron chi connectivity index (χ3n) is 3.47. The number of carbonyl (C=O) groups is 2. The third kappa shape index (κ3) is 3.32. The minimum Gasteiger partial charge on any atom is -0.366 e. The van der Waals surface area contributed by atoms with Gasteiger partial charge in [-0.3, -0.25) is 9.59 Å². The van der Waals surface area contributed by atoms with Crippen molar-refractivity contribution < 1.29 is 9.59 Å².